The van der Waals surface area contributed by atoms with E-state index >= 15 is 0 Å². The van der Waals surface area contributed by atoms with Crippen LogP contribution in [0.15, 0.2) is 60.7 Å². The Bertz CT molecular complexity index is 1080. The summed E-state index contributed by atoms with van der Waals surface area (Å²) in [6.45, 7) is 13.1. The highest BCUT2D eigenvalue weighted by Gasteiger charge is 2.21. The molecule has 0 spiro atoms. The Hall–Kier alpha value is -2.65. The number of halogens is 1. The molecule has 0 amide bonds. The van der Waals surface area contributed by atoms with E-state index in [1.807, 2.05) is 12.1 Å². The van der Waals surface area contributed by atoms with Crippen molar-refractivity contribution in [2.24, 2.45) is 5.92 Å². The maximum Gasteiger partial charge on any atom is 0.123 e. The molecule has 1 aliphatic rings. The Labute approximate surface area is 211 Å². The average molecular weight is 474 g/mol. The molecule has 1 aliphatic heterocycles. The van der Waals surface area contributed by atoms with Crippen molar-refractivity contribution < 1.29 is 9.13 Å². The molecule has 1 fully saturated rings. The lowest BCUT2D eigenvalue weighted by Crippen LogP contribution is -2.36. The van der Waals surface area contributed by atoms with E-state index < -0.39 is 0 Å². The lowest BCUT2D eigenvalue weighted by atomic mass is 9.88. The van der Waals surface area contributed by atoms with Gasteiger partial charge in [0.2, 0.25) is 0 Å². The van der Waals surface area contributed by atoms with Crippen LogP contribution in [0.4, 0.5) is 4.39 Å². The zero-order valence-electron chi connectivity index (χ0n) is 21.8. The van der Waals surface area contributed by atoms with Gasteiger partial charge in [0.1, 0.15) is 11.6 Å². The van der Waals surface area contributed by atoms with Crippen molar-refractivity contribution in [3.63, 3.8) is 0 Å². The Morgan fingerprint density at radius 3 is 2.14 bits per heavy atom. The van der Waals surface area contributed by atoms with Crippen LogP contribution in [-0.4, -0.2) is 31.1 Å². The summed E-state index contributed by atoms with van der Waals surface area (Å²) in [5.74, 6) is 2.14. The highest BCUT2D eigenvalue weighted by molar-refractivity contribution is 5.42. The van der Waals surface area contributed by atoms with Gasteiger partial charge in [-0.1, -0.05) is 49.4 Å². The van der Waals surface area contributed by atoms with Gasteiger partial charge in [-0.3, -0.25) is 0 Å². The molecule has 1 heterocycles. The third kappa shape index (κ3) is 6.95. The van der Waals surface area contributed by atoms with Crippen LogP contribution in [0.3, 0.4) is 0 Å². The van der Waals surface area contributed by atoms with Gasteiger partial charge in [-0.2, -0.15) is 0 Å². The molecule has 0 saturated carbocycles. The predicted octanol–water partition coefficient (Wildman–Crippen LogP) is 7.63. The second-order valence-corrected chi connectivity index (χ2v) is 10.5. The molecule has 0 N–H and O–H groups in total. The quantitative estimate of drug-likeness (QED) is 0.317. The van der Waals surface area contributed by atoms with Crippen LogP contribution in [0.5, 0.6) is 5.75 Å². The van der Waals surface area contributed by atoms with Crippen molar-refractivity contribution >= 4 is 0 Å². The van der Waals surface area contributed by atoms with E-state index in [-0.39, 0.29) is 5.82 Å². The lowest BCUT2D eigenvalue weighted by molar-refractivity contribution is 0.173. The minimum absolute atomic E-state index is 0.175. The number of piperidine rings is 1. The topological polar surface area (TPSA) is 12.5 Å². The monoisotopic (exact) mass is 473 g/mol. The molecule has 0 bridgehead atoms. The van der Waals surface area contributed by atoms with Gasteiger partial charge in [0.25, 0.3) is 0 Å². The molecule has 35 heavy (non-hydrogen) atoms. The number of aryl methyl sites for hydroxylation is 1. The number of likely N-dealkylation sites (tertiary alicyclic amines) is 1. The second kappa shape index (κ2) is 11.9. The Balaban J connectivity index is 1.18. The summed E-state index contributed by atoms with van der Waals surface area (Å²) >= 11 is 0. The van der Waals surface area contributed by atoms with Gasteiger partial charge in [-0.15, -0.1) is 0 Å². The summed E-state index contributed by atoms with van der Waals surface area (Å²) in [5, 5.41) is 0. The van der Waals surface area contributed by atoms with Crippen LogP contribution in [0.25, 0.3) is 0 Å². The fourth-order valence-corrected chi connectivity index (χ4v) is 5.18. The molecular weight excluding hydrogens is 433 g/mol. The number of nitrogens with zero attached hydrogens (tertiary/aromatic N) is 1. The van der Waals surface area contributed by atoms with E-state index in [0.717, 1.165) is 37.3 Å². The summed E-state index contributed by atoms with van der Waals surface area (Å²) in [5.41, 5.74) is 7.82. The van der Waals surface area contributed by atoms with E-state index in [2.05, 4.69) is 69.0 Å². The van der Waals surface area contributed by atoms with Crippen molar-refractivity contribution in [3.05, 3.63) is 99.9 Å². The van der Waals surface area contributed by atoms with Crippen LogP contribution >= 0.6 is 0 Å². The van der Waals surface area contributed by atoms with E-state index in [1.54, 1.807) is 0 Å². The maximum absolute atomic E-state index is 13.1. The largest absolute Gasteiger partial charge is 0.493 e. The molecule has 3 aromatic rings. The van der Waals surface area contributed by atoms with Crippen LogP contribution in [-0.2, 0) is 6.42 Å². The third-order valence-corrected chi connectivity index (χ3v) is 7.81. The molecule has 0 aliphatic carbocycles. The first-order valence-electron chi connectivity index (χ1n) is 13.1. The van der Waals surface area contributed by atoms with Crippen molar-refractivity contribution in [1.82, 2.24) is 4.90 Å². The molecule has 1 atom stereocenters. The van der Waals surface area contributed by atoms with Gasteiger partial charge in [-0.05, 0) is 123 Å². The average Bonchev–Trinajstić information content (AvgIpc) is 2.86. The number of hydrogen-bond donors (Lipinski definition) is 0. The summed E-state index contributed by atoms with van der Waals surface area (Å²) in [7, 11) is 0. The Kier molecular flexibility index (Phi) is 8.62. The van der Waals surface area contributed by atoms with Crippen LogP contribution in [0.1, 0.15) is 65.5 Å². The summed E-state index contributed by atoms with van der Waals surface area (Å²) in [6, 6.07) is 20.2. The van der Waals surface area contributed by atoms with Gasteiger partial charge in [-0.25, -0.2) is 4.39 Å². The molecule has 0 aromatic heterocycles. The summed E-state index contributed by atoms with van der Waals surface area (Å²) < 4.78 is 19.3. The lowest BCUT2D eigenvalue weighted by Gasteiger charge is -2.34. The van der Waals surface area contributed by atoms with Gasteiger partial charge < -0.3 is 9.64 Å². The minimum Gasteiger partial charge on any atom is -0.493 e. The second-order valence-electron chi connectivity index (χ2n) is 10.5. The third-order valence-electron chi connectivity index (χ3n) is 7.81. The number of rotatable bonds is 9. The molecule has 4 rings (SSSR count). The smallest absolute Gasteiger partial charge is 0.123 e. The van der Waals surface area contributed by atoms with E-state index in [9.17, 15) is 4.39 Å². The summed E-state index contributed by atoms with van der Waals surface area (Å²) in [4.78, 5) is 2.63. The normalized spacial score (nSPS) is 15.8. The first kappa shape index (κ1) is 25.4. The predicted molar refractivity (Wildman–Crippen MR) is 144 cm³/mol. The first-order valence-corrected chi connectivity index (χ1v) is 13.1. The minimum atomic E-state index is -0.175. The van der Waals surface area contributed by atoms with Crippen LogP contribution < -0.4 is 4.74 Å². The van der Waals surface area contributed by atoms with Crippen molar-refractivity contribution in [1.29, 1.82) is 0 Å². The summed E-state index contributed by atoms with van der Waals surface area (Å²) in [6.07, 6.45) is 4.39. The first-order chi connectivity index (χ1) is 16.9. The van der Waals surface area contributed by atoms with Gasteiger partial charge >= 0.3 is 0 Å². The highest BCUT2D eigenvalue weighted by Crippen LogP contribution is 2.29. The standard InChI is InChI=1S/C32H40FNO/c1-23(17-20-35-32-14-5-24(2)25(3)26(32)4)22-34-18-15-30(16-19-34)29-10-6-27(7-11-29)21-28-8-12-31(33)13-9-28/h5-14,23,30H,15-22H2,1-4H3/t23-/m1/s1. The molecule has 2 nitrogen and oxygen atoms in total. The Morgan fingerprint density at radius 2 is 1.49 bits per heavy atom. The fraction of sp³-hybridized carbons (Fsp3) is 0.438. The molecule has 3 aromatic carbocycles. The highest BCUT2D eigenvalue weighted by atomic mass is 19.1. The van der Waals surface area contributed by atoms with Crippen molar-refractivity contribution in [3.8, 4) is 5.75 Å². The SMILES string of the molecule is Cc1ccc(OCC[C@@H](C)CN2CCC(c3ccc(Cc4ccc(F)cc4)cc3)CC2)c(C)c1C. The Morgan fingerprint density at radius 1 is 0.857 bits per heavy atom. The van der Waals surface area contributed by atoms with Crippen LogP contribution in [0, 0.1) is 32.5 Å². The van der Waals surface area contributed by atoms with E-state index in [1.165, 1.54) is 65.9 Å². The zero-order chi connectivity index (χ0) is 24.8. The van der Waals surface area contributed by atoms with E-state index in [4.69, 9.17) is 4.74 Å². The van der Waals surface area contributed by atoms with Crippen molar-refractivity contribution in [2.75, 3.05) is 26.2 Å². The maximum atomic E-state index is 13.1. The van der Waals surface area contributed by atoms with Gasteiger partial charge in [0.05, 0.1) is 6.61 Å². The molecular formula is C32H40FNO. The fourth-order valence-electron chi connectivity index (χ4n) is 5.18. The van der Waals surface area contributed by atoms with Gasteiger partial charge in [0, 0.05) is 6.54 Å². The van der Waals surface area contributed by atoms with Crippen molar-refractivity contribution in [2.45, 2.75) is 59.3 Å². The van der Waals surface area contributed by atoms with E-state index in [0.29, 0.717) is 11.8 Å². The molecule has 1 saturated heterocycles. The van der Waals surface area contributed by atoms with Crippen LogP contribution in [0.2, 0.25) is 0 Å². The molecule has 0 unspecified atom stereocenters. The molecule has 186 valence electrons. The van der Waals surface area contributed by atoms with Gasteiger partial charge in [0.15, 0.2) is 0 Å². The zero-order valence-corrected chi connectivity index (χ0v) is 21.8. The molecule has 0 radical (unpaired) electrons. The number of benzene rings is 3. The number of hydrogen-bond acceptors (Lipinski definition) is 2. The number of ether oxygens (including phenoxy) is 1. The molecule has 3 heteroatoms.